The first-order valence-electron chi connectivity index (χ1n) is 6.34. The van der Waals surface area contributed by atoms with Crippen LogP contribution in [0.2, 0.25) is 0 Å². The molecule has 3 N–H and O–H groups in total. The molecule has 0 aliphatic carbocycles. The summed E-state index contributed by atoms with van der Waals surface area (Å²) in [6.07, 6.45) is 0.395. The summed E-state index contributed by atoms with van der Waals surface area (Å²) in [4.78, 5) is 12.2. The molecule has 0 radical (unpaired) electrons. The van der Waals surface area contributed by atoms with Crippen molar-refractivity contribution in [2.75, 3.05) is 0 Å². The summed E-state index contributed by atoms with van der Waals surface area (Å²) in [5.41, 5.74) is 8.39. The molecule has 0 heterocycles. The van der Waals surface area contributed by atoms with E-state index in [1.807, 2.05) is 54.6 Å². The lowest BCUT2D eigenvalue weighted by molar-refractivity contribution is -0.120. The van der Waals surface area contributed by atoms with Gasteiger partial charge in [0.2, 0.25) is 5.91 Å². The van der Waals surface area contributed by atoms with Gasteiger partial charge in [0.25, 0.3) is 0 Å². The Morgan fingerprint density at radius 3 is 2.25 bits per heavy atom. The van der Waals surface area contributed by atoms with Crippen molar-refractivity contribution < 1.29 is 4.79 Å². The minimum atomic E-state index is 0.00891. The molecule has 0 aromatic heterocycles. The van der Waals surface area contributed by atoms with E-state index in [-0.39, 0.29) is 5.91 Å². The van der Waals surface area contributed by atoms with Crippen molar-refractivity contribution >= 4 is 23.1 Å². The summed E-state index contributed by atoms with van der Waals surface area (Å²) in [7, 11) is 0. The Labute approximate surface area is 123 Å². The van der Waals surface area contributed by atoms with E-state index in [2.05, 4.69) is 5.32 Å². The van der Waals surface area contributed by atoms with E-state index < -0.39 is 0 Å². The van der Waals surface area contributed by atoms with Gasteiger partial charge in [-0.2, -0.15) is 0 Å². The number of rotatable bonds is 5. The first kappa shape index (κ1) is 14.2. The normalized spacial score (nSPS) is 10.0. The van der Waals surface area contributed by atoms with E-state index in [0.717, 1.165) is 16.7 Å². The van der Waals surface area contributed by atoms with Crippen LogP contribution in [0.4, 0.5) is 0 Å². The van der Waals surface area contributed by atoms with E-state index in [4.69, 9.17) is 18.0 Å². The number of hydrogen-bond donors (Lipinski definition) is 2. The van der Waals surface area contributed by atoms with Gasteiger partial charge in [0, 0.05) is 12.1 Å². The Morgan fingerprint density at radius 1 is 1.00 bits per heavy atom. The van der Waals surface area contributed by atoms with Crippen molar-refractivity contribution in [2.45, 2.75) is 13.0 Å². The molecule has 0 saturated heterocycles. The van der Waals surface area contributed by atoms with Crippen molar-refractivity contribution in [2.24, 2.45) is 5.73 Å². The maximum Gasteiger partial charge on any atom is 0.224 e. The quantitative estimate of drug-likeness (QED) is 0.827. The zero-order valence-corrected chi connectivity index (χ0v) is 11.8. The fourth-order valence-corrected chi connectivity index (χ4v) is 1.97. The summed E-state index contributed by atoms with van der Waals surface area (Å²) in [5, 5.41) is 2.89. The van der Waals surface area contributed by atoms with Crippen molar-refractivity contribution in [1.82, 2.24) is 5.32 Å². The molecule has 0 atom stereocenters. The van der Waals surface area contributed by atoms with Gasteiger partial charge in [-0.05, 0) is 11.1 Å². The zero-order valence-electron chi connectivity index (χ0n) is 11.0. The maximum atomic E-state index is 11.8. The third kappa shape index (κ3) is 4.17. The van der Waals surface area contributed by atoms with Crippen LogP contribution in [0.25, 0.3) is 0 Å². The predicted octanol–water partition coefficient (Wildman–Crippen LogP) is 2.18. The van der Waals surface area contributed by atoms with Crippen LogP contribution in [0.15, 0.2) is 54.6 Å². The van der Waals surface area contributed by atoms with Gasteiger partial charge < -0.3 is 11.1 Å². The summed E-state index contributed by atoms with van der Waals surface area (Å²) >= 11 is 4.89. The number of thiocarbonyl (C=S) groups is 1. The van der Waals surface area contributed by atoms with Gasteiger partial charge in [-0.3, -0.25) is 4.79 Å². The van der Waals surface area contributed by atoms with E-state index in [1.165, 1.54) is 0 Å². The average Bonchev–Trinajstić information content (AvgIpc) is 2.46. The van der Waals surface area contributed by atoms with Crippen molar-refractivity contribution in [3.8, 4) is 0 Å². The van der Waals surface area contributed by atoms with Crippen molar-refractivity contribution in [3.63, 3.8) is 0 Å². The Morgan fingerprint density at radius 2 is 1.65 bits per heavy atom. The molecule has 2 rings (SSSR count). The molecule has 2 aromatic carbocycles. The molecule has 0 aliphatic heterocycles. The Bertz CT molecular complexity index is 594. The van der Waals surface area contributed by atoms with Crippen LogP contribution < -0.4 is 11.1 Å². The molecule has 0 saturated carbocycles. The molecule has 0 unspecified atom stereocenters. The van der Waals surface area contributed by atoms with Crippen LogP contribution in [0.3, 0.4) is 0 Å². The first-order chi connectivity index (χ1) is 9.65. The summed E-state index contributed by atoms with van der Waals surface area (Å²) < 4.78 is 0. The van der Waals surface area contributed by atoms with Crippen LogP contribution in [0, 0.1) is 0 Å². The van der Waals surface area contributed by atoms with Gasteiger partial charge in [0.15, 0.2) is 0 Å². The highest BCUT2D eigenvalue weighted by atomic mass is 32.1. The highest BCUT2D eigenvalue weighted by Crippen LogP contribution is 2.05. The molecule has 102 valence electrons. The van der Waals surface area contributed by atoms with E-state index >= 15 is 0 Å². The SMILES string of the molecule is NC(=S)c1ccc(CNC(=O)Cc2ccccc2)cc1. The van der Waals surface area contributed by atoms with Crippen LogP contribution in [-0.2, 0) is 17.8 Å². The molecule has 1 amide bonds. The molecule has 0 bridgehead atoms. The highest BCUT2D eigenvalue weighted by Gasteiger charge is 2.03. The lowest BCUT2D eigenvalue weighted by Crippen LogP contribution is -2.24. The fourth-order valence-electron chi connectivity index (χ4n) is 1.83. The third-order valence-electron chi connectivity index (χ3n) is 2.94. The van der Waals surface area contributed by atoms with Crippen LogP contribution in [0.5, 0.6) is 0 Å². The number of benzene rings is 2. The van der Waals surface area contributed by atoms with E-state index in [9.17, 15) is 4.79 Å². The Kier molecular flexibility index (Phi) is 4.85. The molecule has 0 spiro atoms. The fraction of sp³-hybridized carbons (Fsp3) is 0.125. The van der Waals surface area contributed by atoms with Crippen molar-refractivity contribution in [3.05, 3.63) is 71.3 Å². The second kappa shape index (κ2) is 6.82. The van der Waals surface area contributed by atoms with Gasteiger partial charge >= 0.3 is 0 Å². The lowest BCUT2D eigenvalue weighted by atomic mass is 10.1. The topological polar surface area (TPSA) is 55.1 Å². The second-order valence-electron chi connectivity index (χ2n) is 4.50. The standard InChI is InChI=1S/C16H16N2OS/c17-16(20)14-8-6-13(7-9-14)11-18-15(19)10-12-4-2-1-3-5-12/h1-9H,10-11H2,(H2,17,20)(H,18,19). The number of nitrogens with one attached hydrogen (secondary N) is 1. The van der Waals surface area contributed by atoms with Crippen LogP contribution in [-0.4, -0.2) is 10.9 Å². The van der Waals surface area contributed by atoms with Crippen LogP contribution in [0.1, 0.15) is 16.7 Å². The van der Waals surface area contributed by atoms with E-state index in [0.29, 0.717) is 18.0 Å². The smallest absolute Gasteiger partial charge is 0.224 e. The number of carbonyl (C=O) groups excluding carboxylic acids is 1. The number of carbonyl (C=O) groups is 1. The second-order valence-corrected chi connectivity index (χ2v) is 4.94. The minimum Gasteiger partial charge on any atom is -0.389 e. The Hall–Kier alpha value is -2.20. The molecule has 20 heavy (non-hydrogen) atoms. The van der Waals surface area contributed by atoms with Gasteiger partial charge in [-0.1, -0.05) is 66.8 Å². The summed E-state index contributed by atoms with van der Waals surface area (Å²) in [6, 6.07) is 17.2. The molecular formula is C16H16N2OS. The number of hydrogen-bond acceptors (Lipinski definition) is 2. The highest BCUT2D eigenvalue weighted by molar-refractivity contribution is 7.80. The van der Waals surface area contributed by atoms with Crippen LogP contribution >= 0.6 is 12.2 Å². The molecule has 3 nitrogen and oxygen atoms in total. The third-order valence-corrected chi connectivity index (χ3v) is 3.17. The lowest BCUT2D eigenvalue weighted by Gasteiger charge is -2.06. The average molecular weight is 284 g/mol. The van der Waals surface area contributed by atoms with Gasteiger partial charge in [-0.25, -0.2) is 0 Å². The molecule has 4 heteroatoms. The van der Waals surface area contributed by atoms with E-state index in [1.54, 1.807) is 0 Å². The van der Waals surface area contributed by atoms with Gasteiger partial charge in [0.05, 0.1) is 6.42 Å². The summed E-state index contributed by atoms with van der Waals surface area (Å²) in [5.74, 6) is 0.00891. The predicted molar refractivity (Wildman–Crippen MR) is 84.3 cm³/mol. The first-order valence-corrected chi connectivity index (χ1v) is 6.75. The van der Waals surface area contributed by atoms with Gasteiger partial charge in [-0.15, -0.1) is 0 Å². The molecule has 2 aromatic rings. The largest absolute Gasteiger partial charge is 0.389 e. The monoisotopic (exact) mass is 284 g/mol. The number of amides is 1. The van der Waals surface area contributed by atoms with Gasteiger partial charge in [0.1, 0.15) is 4.99 Å². The molecular weight excluding hydrogens is 268 g/mol. The minimum absolute atomic E-state index is 0.00891. The zero-order chi connectivity index (χ0) is 14.4. The summed E-state index contributed by atoms with van der Waals surface area (Å²) in [6.45, 7) is 0.503. The number of nitrogens with two attached hydrogens (primary N) is 1. The maximum absolute atomic E-state index is 11.8. The molecule has 0 fully saturated rings. The Balaban J connectivity index is 1.85. The molecule has 0 aliphatic rings. The van der Waals surface area contributed by atoms with Crippen molar-refractivity contribution in [1.29, 1.82) is 0 Å².